The van der Waals surface area contributed by atoms with Crippen LogP contribution < -0.4 is 10.6 Å². The quantitative estimate of drug-likeness (QED) is 0.320. The number of nitrogens with zero attached hydrogens (tertiary/aromatic N) is 4. The minimum atomic E-state index is -4.65. The predicted octanol–water partition coefficient (Wildman–Crippen LogP) is 4.44. The first-order valence-electron chi connectivity index (χ1n) is 11.3. The number of carbonyl (C=O) groups is 2. The number of ketones is 1. The number of Topliss-reactive ketones (excluding diaryl/α,β-unsaturated/α-hetero) is 1. The number of aromatic nitrogens is 3. The van der Waals surface area contributed by atoms with Gasteiger partial charge in [-0.1, -0.05) is 6.07 Å². The fraction of sp³-hybridized carbons (Fsp3) is 0.292. The summed E-state index contributed by atoms with van der Waals surface area (Å²) in [5.74, 6) is -2.11. The van der Waals surface area contributed by atoms with E-state index in [1.54, 1.807) is 4.90 Å². The van der Waals surface area contributed by atoms with Gasteiger partial charge in [-0.05, 0) is 18.6 Å². The average Bonchev–Trinajstić information content (AvgIpc) is 3.27. The Labute approximate surface area is 207 Å². The molecular weight excluding hydrogens is 499 g/mol. The summed E-state index contributed by atoms with van der Waals surface area (Å²) < 4.78 is 66.8. The SMILES string of the molecule is O=C(CCCN1CCNC1=O)c1cc(NCc2ccc(F)cc2F)nc(-c2cncc(C(F)(F)F)c2)n1. The molecule has 3 heterocycles. The molecule has 2 amide bonds. The van der Waals surface area contributed by atoms with Crippen LogP contribution in [0.3, 0.4) is 0 Å². The fourth-order valence-electron chi connectivity index (χ4n) is 3.66. The van der Waals surface area contributed by atoms with E-state index in [0.717, 1.165) is 18.3 Å². The van der Waals surface area contributed by atoms with Crippen LogP contribution in [-0.4, -0.2) is 51.3 Å². The van der Waals surface area contributed by atoms with Crippen LogP contribution in [0.5, 0.6) is 0 Å². The Morgan fingerprint density at radius 2 is 1.92 bits per heavy atom. The third-order valence-electron chi connectivity index (χ3n) is 5.59. The molecule has 1 aliphatic rings. The Hall–Kier alpha value is -4.16. The third-order valence-corrected chi connectivity index (χ3v) is 5.59. The van der Waals surface area contributed by atoms with Crippen molar-refractivity contribution in [3.05, 3.63) is 71.2 Å². The first-order valence-corrected chi connectivity index (χ1v) is 11.3. The topological polar surface area (TPSA) is 100 Å². The van der Waals surface area contributed by atoms with E-state index >= 15 is 0 Å². The number of alkyl halides is 3. The molecule has 0 bridgehead atoms. The molecule has 1 saturated heterocycles. The Morgan fingerprint density at radius 1 is 1.11 bits per heavy atom. The van der Waals surface area contributed by atoms with Crippen molar-refractivity contribution in [2.45, 2.75) is 25.6 Å². The second-order valence-corrected chi connectivity index (χ2v) is 8.26. The van der Waals surface area contributed by atoms with Crippen molar-refractivity contribution >= 4 is 17.6 Å². The third kappa shape index (κ3) is 6.54. The zero-order valence-corrected chi connectivity index (χ0v) is 19.3. The lowest BCUT2D eigenvalue weighted by atomic mass is 10.1. The summed E-state index contributed by atoms with van der Waals surface area (Å²) in [5.41, 5.74) is -1.05. The lowest BCUT2D eigenvalue weighted by Gasteiger charge is -2.14. The first kappa shape index (κ1) is 25.9. The molecule has 4 rings (SSSR count). The number of carbonyl (C=O) groups excluding carboxylic acids is 2. The molecule has 1 aromatic carbocycles. The zero-order valence-electron chi connectivity index (χ0n) is 19.3. The number of anilines is 1. The molecular formula is C24H21F5N6O2. The average molecular weight is 520 g/mol. The van der Waals surface area contributed by atoms with Crippen LogP contribution in [0.25, 0.3) is 11.4 Å². The molecule has 194 valence electrons. The zero-order chi connectivity index (χ0) is 26.6. The van der Waals surface area contributed by atoms with Crippen LogP contribution in [0, 0.1) is 11.6 Å². The van der Waals surface area contributed by atoms with Gasteiger partial charge in [0.25, 0.3) is 0 Å². The first-order chi connectivity index (χ1) is 17.6. The second-order valence-electron chi connectivity index (χ2n) is 8.26. The predicted molar refractivity (Wildman–Crippen MR) is 122 cm³/mol. The van der Waals surface area contributed by atoms with Gasteiger partial charge in [0.1, 0.15) is 23.1 Å². The van der Waals surface area contributed by atoms with Gasteiger partial charge in [0.15, 0.2) is 11.6 Å². The standard InChI is InChI=1S/C24H21F5N6O2/c25-17-4-3-14(18(26)9-17)12-32-21-10-19(20(36)2-1-6-35-7-5-31-23(35)37)33-22(34-21)15-8-16(13-30-11-15)24(27,28)29/h3-4,8-11,13H,1-2,5-7,12H2,(H,31,37)(H,32,33,34). The van der Waals surface area contributed by atoms with Gasteiger partial charge in [-0.2, -0.15) is 13.2 Å². The molecule has 0 aliphatic carbocycles. The van der Waals surface area contributed by atoms with E-state index < -0.39 is 29.2 Å². The second kappa shape index (κ2) is 10.8. The van der Waals surface area contributed by atoms with E-state index in [0.29, 0.717) is 38.3 Å². The summed E-state index contributed by atoms with van der Waals surface area (Å²) in [6.45, 7) is 1.26. The van der Waals surface area contributed by atoms with Crippen LogP contribution in [0.2, 0.25) is 0 Å². The van der Waals surface area contributed by atoms with Gasteiger partial charge in [-0.25, -0.2) is 23.5 Å². The highest BCUT2D eigenvalue weighted by atomic mass is 19.4. The van der Waals surface area contributed by atoms with Gasteiger partial charge in [0.05, 0.1) is 5.56 Å². The Kier molecular flexibility index (Phi) is 7.60. The molecule has 13 heteroatoms. The van der Waals surface area contributed by atoms with Gasteiger partial charge in [0.2, 0.25) is 0 Å². The van der Waals surface area contributed by atoms with Crippen LogP contribution in [0.15, 0.2) is 42.7 Å². The summed E-state index contributed by atoms with van der Waals surface area (Å²) in [4.78, 5) is 38.1. The minimum Gasteiger partial charge on any atom is -0.366 e. The number of hydrogen-bond acceptors (Lipinski definition) is 6. The largest absolute Gasteiger partial charge is 0.417 e. The van der Waals surface area contributed by atoms with Crippen LogP contribution >= 0.6 is 0 Å². The van der Waals surface area contributed by atoms with Crippen LogP contribution in [0.1, 0.15) is 34.5 Å². The van der Waals surface area contributed by atoms with Crippen molar-refractivity contribution in [2.24, 2.45) is 0 Å². The molecule has 8 nitrogen and oxygen atoms in total. The molecule has 0 radical (unpaired) electrons. The van der Waals surface area contributed by atoms with E-state index in [-0.39, 0.29) is 47.5 Å². The van der Waals surface area contributed by atoms with Gasteiger partial charge in [-0.15, -0.1) is 0 Å². The maximum absolute atomic E-state index is 14.0. The van der Waals surface area contributed by atoms with Gasteiger partial charge in [0, 0.05) is 68.3 Å². The lowest BCUT2D eigenvalue weighted by Crippen LogP contribution is -2.29. The molecule has 2 N–H and O–H groups in total. The van der Waals surface area contributed by atoms with Crippen LogP contribution in [-0.2, 0) is 12.7 Å². The summed E-state index contributed by atoms with van der Waals surface area (Å²) in [7, 11) is 0. The van der Waals surface area contributed by atoms with Crippen molar-refractivity contribution in [1.29, 1.82) is 0 Å². The lowest BCUT2D eigenvalue weighted by molar-refractivity contribution is -0.137. The van der Waals surface area contributed by atoms with Crippen molar-refractivity contribution in [3.63, 3.8) is 0 Å². The maximum atomic E-state index is 14.0. The van der Waals surface area contributed by atoms with Crippen molar-refractivity contribution in [2.75, 3.05) is 25.0 Å². The summed E-state index contributed by atoms with van der Waals surface area (Å²) >= 11 is 0. The molecule has 2 aromatic heterocycles. The Morgan fingerprint density at radius 3 is 2.62 bits per heavy atom. The van der Waals surface area contributed by atoms with Gasteiger partial charge in [-0.3, -0.25) is 9.78 Å². The monoisotopic (exact) mass is 520 g/mol. The van der Waals surface area contributed by atoms with Gasteiger partial charge < -0.3 is 15.5 Å². The number of urea groups is 1. The fourth-order valence-corrected chi connectivity index (χ4v) is 3.66. The number of halogens is 5. The van der Waals surface area contributed by atoms with E-state index in [2.05, 4.69) is 25.6 Å². The van der Waals surface area contributed by atoms with E-state index in [1.165, 1.54) is 12.1 Å². The Balaban J connectivity index is 1.59. The summed E-state index contributed by atoms with van der Waals surface area (Å²) in [6.07, 6.45) is -2.50. The highest BCUT2D eigenvalue weighted by molar-refractivity contribution is 5.95. The van der Waals surface area contributed by atoms with Crippen molar-refractivity contribution in [3.8, 4) is 11.4 Å². The number of hydrogen-bond donors (Lipinski definition) is 2. The van der Waals surface area contributed by atoms with Crippen molar-refractivity contribution in [1.82, 2.24) is 25.2 Å². The molecule has 0 unspecified atom stereocenters. The molecule has 37 heavy (non-hydrogen) atoms. The molecule has 1 fully saturated rings. The van der Waals surface area contributed by atoms with E-state index in [4.69, 9.17) is 0 Å². The van der Waals surface area contributed by atoms with Crippen LogP contribution in [0.4, 0.5) is 32.6 Å². The molecule has 0 atom stereocenters. The molecule has 0 saturated carbocycles. The molecule has 0 spiro atoms. The number of benzene rings is 1. The number of pyridine rings is 1. The normalized spacial score (nSPS) is 13.5. The number of rotatable bonds is 9. The summed E-state index contributed by atoms with van der Waals surface area (Å²) in [5, 5.41) is 5.47. The van der Waals surface area contributed by atoms with E-state index in [9.17, 15) is 31.5 Å². The summed E-state index contributed by atoms with van der Waals surface area (Å²) in [6, 6.07) is 4.93. The minimum absolute atomic E-state index is 0.0209. The molecule has 1 aliphatic heterocycles. The van der Waals surface area contributed by atoms with E-state index in [1.807, 2.05) is 0 Å². The number of nitrogens with one attached hydrogen (secondary N) is 2. The highest BCUT2D eigenvalue weighted by Gasteiger charge is 2.31. The maximum Gasteiger partial charge on any atom is 0.417 e. The number of amides is 2. The van der Waals surface area contributed by atoms with Crippen molar-refractivity contribution < 1.29 is 31.5 Å². The smallest absolute Gasteiger partial charge is 0.366 e. The highest BCUT2D eigenvalue weighted by Crippen LogP contribution is 2.31. The molecule has 3 aromatic rings. The Bertz CT molecular complexity index is 1320. The van der Waals surface area contributed by atoms with Gasteiger partial charge >= 0.3 is 12.2 Å².